The lowest BCUT2D eigenvalue weighted by molar-refractivity contribution is -0.135. The Morgan fingerprint density at radius 1 is 1.29 bits per heavy atom. The summed E-state index contributed by atoms with van der Waals surface area (Å²) in [4.78, 5) is 13.9. The highest BCUT2D eigenvalue weighted by atomic mass is 16.5. The lowest BCUT2D eigenvalue weighted by Crippen LogP contribution is -2.49. The first-order valence-electron chi connectivity index (χ1n) is 6.12. The molecule has 0 rings (SSSR count). The van der Waals surface area contributed by atoms with Crippen molar-refractivity contribution < 1.29 is 14.3 Å². The lowest BCUT2D eigenvalue weighted by Gasteiger charge is -2.30. The monoisotopic (exact) mass is 246 g/mol. The minimum absolute atomic E-state index is 0.0200. The van der Waals surface area contributed by atoms with Crippen LogP contribution >= 0.6 is 0 Å². The van der Waals surface area contributed by atoms with Gasteiger partial charge in [-0.3, -0.25) is 4.79 Å². The van der Waals surface area contributed by atoms with Crippen molar-refractivity contribution in [2.24, 2.45) is 5.73 Å². The van der Waals surface area contributed by atoms with E-state index in [9.17, 15) is 4.79 Å². The van der Waals surface area contributed by atoms with E-state index >= 15 is 0 Å². The molecule has 17 heavy (non-hydrogen) atoms. The van der Waals surface area contributed by atoms with Crippen molar-refractivity contribution in [3.63, 3.8) is 0 Å². The molecule has 0 aromatic carbocycles. The predicted molar refractivity (Wildman–Crippen MR) is 67.8 cm³/mol. The Balaban J connectivity index is 4.39. The van der Waals surface area contributed by atoms with Crippen molar-refractivity contribution in [1.82, 2.24) is 4.90 Å². The SMILES string of the molecule is CCC(C)N(CCOC)C(=O)C(N)CCOC. The summed E-state index contributed by atoms with van der Waals surface area (Å²) in [5, 5.41) is 0. The van der Waals surface area contributed by atoms with Gasteiger partial charge in [-0.05, 0) is 19.8 Å². The van der Waals surface area contributed by atoms with E-state index in [-0.39, 0.29) is 11.9 Å². The van der Waals surface area contributed by atoms with Crippen LogP contribution in [0.4, 0.5) is 0 Å². The summed E-state index contributed by atoms with van der Waals surface area (Å²) in [6.07, 6.45) is 1.46. The molecule has 0 aliphatic rings. The van der Waals surface area contributed by atoms with Crippen LogP contribution in [0.3, 0.4) is 0 Å². The zero-order valence-corrected chi connectivity index (χ0v) is 11.4. The van der Waals surface area contributed by atoms with Gasteiger partial charge in [-0.15, -0.1) is 0 Å². The molecule has 2 N–H and O–H groups in total. The Labute approximate surface area is 104 Å². The molecule has 0 fully saturated rings. The molecule has 5 nitrogen and oxygen atoms in total. The van der Waals surface area contributed by atoms with Gasteiger partial charge in [0.1, 0.15) is 0 Å². The van der Waals surface area contributed by atoms with Gasteiger partial charge in [0.2, 0.25) is 5.91 Å². The van der Waals surface area contributed by atoms with Crippen LogP contribution in [-0.4, -0.2) is 56.9 Å². The number of amides is 1. The maximum atomic E-state index is 12.1. The predicted octanol–water partition coefficient (Wildman–Crippen LogP) is 0.624. The highest BCUT2D eigenvalue weighted by molar-refractivity contribution is 5.81. The zero-order chi connectivity index (χ0) is 13.3. The molecule has 2 atom stereocenters. The number of nitrogens with two attached hydrogens (primary N) is 1. The topological polar surface area (TPSA) is 64.8 Å². The van der Waals surface area contributed by atoms with Crippen LogP contribution in [0, 0.1) is 0 Å². The molecule has 5 heteroatoms. The summed E-state index contributed by atoms with van der Waals surface area (Å²) in [6.45, 7) is 5.71. The fourth-order valence-electron chi connectivity index (χ4n) is 1.54. The highest BCUT2D eigenvalue weighted by Gasteiger charge is 2.23. The molecule has 0 spiro atoms. The number of methoxy groups -OCH3 is 2. The van der Waals surface area contributed by atoms with Crippen LogP contribution in [0.1, 0.15) is 26.7 Å². The van der Waals surface area contributed by atoms with Gasteiger partial charge < -0.3 is 20.1 Å². The Hall–Kier alpha value is -0.650. The molecule has 0 radical (unpaired) electrons. The molecule has 0 bridgehead atoms. The molecule has 1 amide bonds. The average Bonchev–Trinajstić information content (AvgIpc) is 2.35. The van der Waals surface area contributed by atoms with Gasteiger partial charge in [0.15, 0.2) is 0 Å². The molecule has 2 unspecified atom stereocenters. The molecule has 0 saturated heterocycles. The number of hydrogen-bond donors (Lipinski definition) is 1. The first-order chi connectivity index (χ1) is 8.08. The quantitative estimate of drug-likeness (QED) is 0.648. The van der Waals surface area contributed by atoms with Gasteiger partial charge in [-0.25, -0.2) is 0 Å². The van der Waals surface area contributed by atoms with Crippen molar-refractivity contribution in [3.8, 4) is 0 Å². The largest absolute Gasteiger partial charge is 0.385 e. The molecule has 0 aliphatic carbocycles. The summed E-state index contributed by atoms with van der Waals surface area (Å²) in [6, 6.07) is -0.299. The molecule has 0 aromatic rings. The summed E-state index contributed by atoms with van der Waals surface area (Å²) in [7, 11) is 3.23. The first-order valence-corrected chi connectivity index (χ1v) is 6.12. The van der Waals surface area contributed by atoms with Crippen LogP contribution in [0.15, 0.2) is 0 Å². The number of rotatable bonds is 9. The summed E-state index contributed by atoms with van der Waals surface area (Å²) < 4.78 is 9.95. The van der Waals surface area contributed by atoms with Gasteiger partial charge in [0.05, 0.1) is 12.6 Å². The standard InChI is InChI=1S/C12H26N2O3/c1-5-10(2)14(7-9-17-4)12(15)11(13)6-8-16-3/h10-11H,5-9,13H2,1-4H3. The van der Waals surface area contributed by atoms with Gasteiger partial charge in [-0.1, -0.05) is 6.92 Å². The van der Waals surface area contributed by atoms with E-state index in [0.29, 0.717) is 26.2 Å². The fraction of sp³-hybridized carbons (Fsp3) is 0.917. The first kappa shape index (κ1) is 16.4. The third-order valence-electron chi connectivity index (χ3n) is 2.89. The lowest BCUT2D eigenvalue weighted by atomic mass is 10.1. The number of carbonyl (C=O) groups excluding carboxylic acids is 1. The van der Waals surface area contributed by atoms with Gasteiger partial charge in [-0.2, -0.15) is 0 Å². The number of ether oxygens (including phenoxy) is 2. The van der Waals surface area contributed by atoms with E-state index in [0.717, 1.165) is 6.42 Å². The Morgan fingerprint density at radius 2 is 1.88 bits per heavy atom. The fourth-order valence-corrected chi connectivity index (χ4v) is 1.54. The second-order valence-electron chi connectivity index (χ2n) is 4.17. The Kier molecular flexibility index (Phi) is 9.03. The van der Waals surface area contributed by atoms with Crippen LogP contribution < -0.4 is 5.73 Å². The summed E-state index contributed by atoms with van der Waals surface area (Å²) in [5.41, 5.74) is 5.86. The van der Waals surface area contributed by atoms with Crippen molar-refractivity contribution in [3.05, 3.63) is 0 Å². The van der Waals surface area contributed by atoms with Gasteiger partial charge >= 0.3 is 0 Å². The third-order valence-corrected chi connectivity index (χ3v) is 2.89. The van der Waals surface area contributed by atoms with E-state index in [1.807, 2.05) is 6.92 Å². The number of carbonyl (C=O) groups is 1. The smallest absolute Gasteiger partial charge is 0.239 e. The number of nitrogens with zero attached hydrogens (tertiary/aromatic N) is 1. The Morgan fingerprint density at radius 3 is 2.35 bits per heavy atom. The van der Waals surface area contributed by atoms with E-state index in [1.165, 1.54) is 0 Å². The van der Waals surface area contributed by atoms with Crippen molar-refractivity contribution in [2.75, 3.05) is 34.0 Å². The van der Waals surface area contributed by atoms with Crippen LogP contribution in [-0.2, 0) is 14.3 Å². The van der Waals surface area contributed by atoms with E-state index in [2.05, 4.69) is 6.92 Å². The van der Waals surface area contributed by atoms with Crippen LogP contribution in [0.2, 0.25) is 0 Å². The molecule has 0 saturated carbocycles. The summed E-state index contributed by atoms with van der Waals surface area (Å²) in [5.74, 6) is -0.0200. The van der Waals surface area contributed by atoms with Gasteiger partial charge in [0, 0.05) is 33.4 Å². The zero-order valence-electron chi connectivity index (χ0n) is 11.4. The Bertz CT molecular complexity index is 212. The van der Waals surface area contributed by atoms with E-state index in [1.54, 1.807) is 19.1 Å². The van der Waals surface area contributed by atoms with Crippen molar-refractivity contribution in [2.45, 2.75) is 38.8 Å². The summed E-state index contributed by atoms with van der Waals surface area (Å²) >= 11 is 0. The minimum Gasteiger partial charge on any atom is -0.385 e. The normalized spacial score (nSPS) is 14.4. The number of hydrogen-bond acceptors (Lipinski definition) is 4. The maximum absolute atomic E-state index is 12.1. The maximum Gasteiger partial charge on any atom is 0.239 e. The van der Waals surface area contributed by atoms with Crippen molar-refractivity contribution >= 4 is 5.91 Å². The second kappa shape index (κ2) is 9.39. The second-order valence-corrected chi connectivity index (χ2v) is 4.17. The van der Waals surface area contributed by atoms with Gasteiger partial charge in [0.25, 0.3) is 0 Å². The molecule has 0 aromatic heterocycles. The van der Waals surface area contributed by atoms with E-state index < -0.39 is 6.04 Å². The van der Waals surface area contributed by atoms with Crippen LogP contribution in [0.5, 0.6) is 0 Å². The molecular weight excluding hydrogens is 220 g/mol. The van der Waals surface area contributed by atoms with E-state index in [4.69, 9.17) is 15.2 Å². The highest BCUT2D eigenvalue weighted by Crippen LogP contribution is 2.07. The van der Waals surface area contributed by atoms with Crippen molar-refractivity contribution in [1.29, 1.82) is 0 Å². The third kappa shape index (κ3) is 6.00. The molecular formula is C12H26N2O3. The molecule has 0 aliphatic heterocycles. The van der Waals surface area contributed by atoms with Crippen LogP contribution in [0.25, 0.3) is 0 Å². The average molecular weight is 246 g/mol. The minimum atomic E-state index is -0.485. The molecule has 102 valence electrons. The molecule has 0 heterocycles.